The Hall–Kier alpha value is -1.04. The van der Waals surface area contributed by atoms with Gasteiger partial charge in [-0.2, -0.15) is 0 Å². The topological polar surface area (TPSA) is 47.6 Å². The van der Waals surface area contributed by atoms with Crippen molar-refractivity contribution in [3.8, 4) is 0 Å². The first-order chi connectivity index (χ1) is 8.62. The number of carbonyl (C=O) groups is 1. The number of thioether (sulfide) groups is 1. The Labute approximate surface area is 112 Å². The van der Waals surface area contributed by atoms with Gasteiger partial charge in [-0.15, -0.1) is 11.8 Å². The quantitative estimate of drug-likeness (QED) is 0.635. The molecular weight excluding hydrogens is 250 g/mol. The maximum Gasteiger partial charge on any atom is 0.232 e. The van der Waals surface area contributed by atoms with E-state index >= 15 is 0 Å². The van der Waals surface area contributed by atoms with E-state index in [9.17, 15) is 4.79 Å². The van der Waals surface area contributed by atoms with E-state index in [2.05, 4.69) is 5.32 Å². The van der Waals surface area contributed by atoms with Crippen LogP contribution in [0.4, 0.5) is 0 Å². The molecule has 0 saturated carbocycles. The maximum atomic E-state index is 11.4. The first-order valence-electron chi connectivity index (χ1n) is 5.66. The summed E-state index contributed by atoms with van der Waals surface area (Å²) in [5, 5.41) is 2.52. The third-order valence-corrected chi connectivity index (χ3v) is 3.62. The molecule has 1 amide bonds. The molecule has 1 unspecified atom stereocenters. The Morgan fingerprint density at radius 2 is 1.78 bits per heavy atom. The Bertz CT molecular complexity index is 376. The fraction of sp³-hybridized carbons (Fsp3) is 0.462. The molecule has 0 bridgehead atoms. The molecule has 100 valence electrons. The molecule has 0 aliphatic rings. The van der Waals surface area contributed by atoms with Crippen molar-refractivity contribution in [1.29, 1.82) is 0 Å². The van der Waals surface area contributed by atoms with Gasteiger partial charge in [-0.05, 0) is 19.1 Å². The highest BCUT2D eigenvalue weighted by molar-refractivity contribution is 8.00. The van der Waals surface area contributed by atoms with Crippen LogP contribution in [-0.4, -0.2) is 32.4 Å². The van der Waals surface area contributed by atoms with Crippen LogP contribution in [0.3, 0.4) is 0 Å². The van der Waals surface area contributed by atoms with E-state index in [4.69, 9.17) is 9.47 Å². The minimum absolute atomic E-state index is 0.0238. The lowest BCUT2D eigenvalue weighted by Crippen LogP contribution is -2.27. The van der Waals surface area contributed by atoms with Gasteiger partial charge in [0, 0.05) is 31.7 Å². The number of amides is 1. The third kappa shape index (κ3) is 4.01. The second-order valence-corrected chi connectivity index (χ2v) is 5.16. The largest absolute Gasteiger partial charge is 0.358 e. The summed E-state index contributed by atoms with van der Waals surface area (Å²) in [6.07, 6.45) is -0.347. The van der Waals surface area contributed by atoms with Gasteiger partial charge in [-0.3, -0.25) is 4.79 Å². The fourth-order valence-electron chi connectivity index (χ4n) is 1.53. The van der Waals surface area contributed by atoms with Crippen LogP contribution in [0, 0.1) is 0 Å². The van der Waals surface area contributed by atoms with E-state index < -0.39 is 0 Å². The number of hydrogen-bond donors (Lipinski definition) is 1. The van der Waals surface area contributed by atoms with E-state index in [0.29, 0.717) is 0 Å². The average Bonchev–Trinajstić information content (AvgIpc) is 2.41. The van der Waals surface area contributed by atoms with Crippen molar-refractivity contribution in [3.63, 3.8) is 0 Å². The molecule has 1 aromatic rings. The fourth-order valence-corrected chi connectivity index (χ4v) is 2.46. The number of hydrogen-bond acceptors (Lipinski definition) is 4. The molecule has 1 N–H and O–H groups in total. The first-order valence-corrected chi connectivity index (χ1v) is 6.54. The van der Waals surface area contributed by atoms with Crippen LogP contribution in [0.5, 0.6) is 0 Å². The highest BCUT2D eigenvalue weighted by Gasteiger charge is 2.13. The molecule has 0 fully saturated rings. The maximum absolute atomic E-state index is 11.4. The number of rotatable bonds is 6. The summed E-state index contributed by atoms with van der Waals surface area (Å²) < 4.78 is 10.3. The molecule has 18 heavy (non-hydrogen) atoms. The Balaban J connectivity index is 2.68. The molecule has 5 heteroatoms. The summed E-state index contributed by atoms with van der Waals surface area (Å²) in [6.45, 7) is 1.88. The van der Waals surface area contributed by atoms with Crippen molar-refractivity contribution in [2.75, 3.05) is 21.3 Å². The second kappa shape index (κ2) is 7.41. The van der Waals surface area contributed by atoms with E-state index in [1.54, 1.807) is 21.3 Å². The molecule has 1 atom stereocenters. The standard InChI is InChI=1S/C13H19NO3S/c1-9(12(15)14-2)18-11-7-5-10(6-8-11)13(16-3)17-4/h5-9,13H,1-4H3,(H,14,15). The third-order valence-electron chi connectivity index (χ3n) is 2.51. The predicted molar refractivity (Wildman–Crippen MR) is 72.6 cm³/mol. The van der Waals surface area contributed by atoms with E-state index in [1.807, 2.05) is 31.2 Å². The second-order valence-electron chi connectivity index (χ2n) is 3.75. The number of methoxy groups -OCH3 is 2. The van der Waals surface area contributed by atoms with Gasteiger partial charge in [-0.1, -0.05) is 12.1 Å². The minimum atomic E-state index is -0.347. The molecule has 0 spiro atoms. The lowest BCUT2D eigenvalue weighted by molar-refractivity contribution is -0.119. The molecule has 0 aliphatic heterocycles. The molecule has 1 aromatic carbocycles. The van der Waals surface area contributed by atoms with Crippen molar-refractivity contribution in [1.82, 2.24) is 5.32 Å². The smallest absolute Gasteiger partial charge is 0.232 e. The molecule has 0 aliphatic carbocycles. The number of carbonyl (C=O) groups excluding carboxylic acids is 1. The number of benzene rings is 1. The normalized spacial score (nSPS) is 12.5. The Kier molecular flexibility index (Phi) is 6.18. The highest BCUT2D eigenvalue weighted by Crippen LogP contribution is 2.26. The zero-order valence-corrected chi connectivity index (χ0v) is 11.9. The van der Waals surface area contributed by atoms with Gasteiger partial charge in [0.15, 0.2) is 6.29 Å². The lowest BCUT2D eigenvalue weighted by Gasteiger charge is -2.14. The molecule has 0 saturated heterocycles. The van der Waals surface area contributed by atoms with Crippen molar-refractivity contribution in [2.45, 2.75) is 23.4 Å². The monoisotopic (exact) mass is 269 g/mol. The molecule has 0 aromatic heterocycles. The zero-order valence-electron chi connectivity index (χ0n) is 11.1. The van der Waals surface area contributed by atoms with Crippen LogP contribution in [0.25, 0.3) is 0 Å². The van der Waals surface area contributed by atoms with Crippen molar-refractivity contribution in [3.05, 3.63) is 29.8 Å². The van der Waals surface area contributed by atoms with Crippen LogP contribution in [-0.2, 0) is 14.3 Å². The summed E-state index contributed by atoms with van der Waals surface area (Å²) in [5.74, 6) is 0.0238. The van der Waals surface area contributed by atoms with E-state index in [1.165, 1.54) is 11.8 Å². The zero-order chi connectivity index (χ0) is 13.5. The summed E-state index contributed by atoms with van der Waals surface area (Å²) in [4.78, 5) is 12.5. The highest BCUT2D eigenvalue weighted by atomic mass is 32.2. The average molecular weight is 269 g/mol. The van der Waals surface area contributed by atoms with Crippen molar-refractivity contribution in [2.24, 2.45) is 0 Å². The molecule has 0 radical (unpaired) electrons. The summed E-state index contributed by atoms with van der Waals surface area (Å²) in [7, 11) is 4.85. The first kappa shape index (κ1) is 15.0. The van der Waals surface area contributed by atoms with Gasteiger partial charge in [0.25, 0.3) is 0 Å². The molecule has 4 nitrogen and oxygen atoms in total. The van der Waals surface area contributed by atoms with Crippen LogP contribution in [0.1, 0.15) is 18.8 Å². The number of nitrogens with one attached hydrogen (secondary N) is 1. The van der Waals surface area contributed by atoms with E-state index in [-0.39, 0.29) is 17.4 Å². The van der Waals surface area contributed by atoms with Gasteiger partial charge in [0.2, 0.25) is 5.91 Å². The Morgan fingerprint density at radius 1 is 1.22 bits per heavy atom. The summed E-state index contributed by atoms with van der Waals surface area (Å²) in [6, 6.07) is 7.81. The molecule has 0 heterocycles. The van der Waals surface area contributed by atoms with Gasteiger partial charge >= 0.3 is 0 Å². The summed E-state index contributed by atoms with van der Waals surface area (Å²) >= 11 is 1.52. The Morgan fingerprint density at radius 3 is 2.22 bits per heavy atom. The van der Waals surface area contributed by atoms with Gasteiger partial charge in [0.1, 0.15) is 0 Å². The van der Waals surface area contributed by atoms with Gasteiger partial charge in [-0.25, -0.2) is 0 Å². The van der Waals surface area contributed by atoms with E-state index in [0.717, 1.165) is 10.5 Å². The van der Waals surface area contributed by atoms with Crippen LogP contribution < -0.4 is 5.32 Å². The SMILES string of the molecule is CNC(=O)C(C)Sc1ccc(C(OC)OC)cc1. The van der Waals surface area contributed by atoms with Gasteiger partial charge in [0.05, 0.1) is 5.25 Å². The molecular formula is C13H19NO3S. The van der Waals surface area contributed by atoms with Crippen LogP contribution in [0.15, 0.2) is 29.2 Å². The van der Waals surface area contributed by atoms with Gasteiger partial charge < -0.3 is 14.8 Å². The summed E-state index contributed by atoms with van der Waals surface area (Å²) in [5.41, 5.74) is 0.956. The van der Waals surface area contributed by atoms with Crippen molar-refractivity contribution >= 4 is 17.7 Å². The van der Waals surface area contributed by atoms with Crippen LogP contribution >= 0.6 is 11.8 Å². The molecule has 1 rings (SSSR count). The van der Waals surface area contributed by atoms with Crippen molar-refractivity contribution < 1.29 is 14.3 Å². The minimum Gasteiger partial charge on any atom is -0.358 e. The predicted octanol–water partition coefficient (Wildman–Crippen LogP) is 2.20. The van der Waals surface area contributed by atoms with Crippen LogP contribution in [0.2, 0.25) is 0 Å². The lowest BCUT2D eigenvalue weighted by atomic mass is 10.2. The number of ether oxygens (including phenoxy) is 2.